The second-order valence-electron chi connectivity index (χ2n) is 19.5. The number of aromatic hydroxyl groups is 1. The highest BCUT2D eigenvalue weighted by Gasteiger charge is 2.54. The number of ether oxygens (including phenoxy) is 5. The first kappa shape index (κ1) is 58.2. The summed E-state index contributed by atoms with van der Waals surface area (Å²) in [7, 11) is -4.74. The fourth-order valence-electron chi connectivity index (χ4n) is 10.1. The number of hydrogen-bond donors (Lipinski definition) is 9. The van der Waals surface area contributed by atoms with Gasteiger partial charge in [0.15, 0.2) is 22.2 Å². The number of phenolic OH excluding ortho intramolecular Hbond substituents is 1. The van der Waals surface area contributed by atoms with Crippen molar-refractivity contribution in [3.8, 4) is 16.9 Å². The molecule has 0 aliphatic carbocycles. The molecular formula is C57H56F3N3O17S. The maximum atomic E-state index is 15.2. The fourth-order valence-corrected chi connectivity index (χ4v) is 11.8. The molecule has 3 aliphatic rings. The van der Waals surface area contributed by atoms with Crippen molar-refractivity contribution in [3.63, 3.8) is 0 Å². The van der Waals surface area contributed by atoms with Gasteiger partial charge >= 0.3 is 12.2 Å². The normalized spacial score (nSPS) is 26.0. The summed E-state index contributed by atoms with van der Waals surface area (Å²) >= 11 is 0. The lowest BCUT2D eigenvalue weighted by Gasteiger charge is -2.48. The van der Waals surface area contributed by atoms with E-state index in [0.29, 0.717) is 22.4 Å². The number of anilines is 3. The lowest BCUT2D eigenvalue weighted by atomic mass is 9.78. The molecule has 24 heteroatoms. The summed E-state index contributed by atoms with van der Waals surface area (Å²) in [4.78, 5) is 41.2. The van der Waals surface area contributed by atoms with Crippen LogP contribution in [0.5, 0.6) is 5.75 Å². The zero-order valence-electron chi connectivity index (χ0n) is 42.6. The molecule has 0 spiro atoms. The molecule has 4 unspecified atom stereocenters. The van der Waals surface area contributed by atoms with Crippen molar-refractivity contribution >= 4 is 45.0 Å². The van der Waals surface area contributed by atoms with Crippen LogP contribution in [-0.2, 0) is 38.3 Å². The zero-order valence-corrected chi connectivity index (χ0v) is 43.4. The number of rotatable bonds is 18. The third-order valence-corrected chi connectivity index (χ3v) is 16.0. The van der Waals surface area contributed by atoms with Crippen LogP contribution in [0.3, 0.4) is 0 Å². The third-order valence-electron chi connectivity index (χ3n) is 14.2. The number of carbonyl (C=O) groups excluding carboxylic acids is 3. The number of halogens is 3. The number of para-hydroxylation sites is 3. The summed E-state index contributed by atoms with van der Waals surface area (Å²) in [5, 5.41) is 82.8. The molecule has 20 nitrogen and oxygen atoms in total. The van der Waals surface area contributed by atoms with E-state index in [2.05, 4.69) is 10.6 Å². The van der Waals surface area contributed by atoms with Gasteiger partial charge in [-0.2, -0.15) is 0 Å². The number of carbonyl (C=O) groups is 3. The van der Waals surface area contributed by atoms with Crippen molar-refractivity contribution in [2.24, 2.45) is 5.92 Å². The van der Waals surface area contributed by atoms with Gasteiger partial charge < -0.3 is 64.3 Å². The fraction of sp³-hybridized carbons (Fsp3) is 0.316. The van der Waals surface area contributed by atoms with E-state index >= 15 is 8.42 Å². The molecule has 81 heavy (non-hydrogen) atoms. The molecule has 0 radical (unpaired) electrons. The molecule has 3 fully saturated rings. The number of nitrogens with zero attached hydrogens (tertiary/aromatic N) is 1. The van der Waals surface area contributed by atoms with E-state index in [-0.39, 0.29) is 46.3 Å². The van der Waals surface area contributed by atoms with Crippen LogP contribution in [0.25, 0.3) is 11.1 Å². The second kappa shape index (κ2) is 25.1. The molecule has 3 amide bonds. The standard InChI is InChI=1S/C57H56F3N3O17S/c58-33-20-17-30(18-21-33)42(66)24-23-37-47(63(54(37)71)34-10-2-1-3-11-34)36-22-19-32(31-9-8-12-35(65)25-31)26-46(36)81(74,75)29-45-48(67)49(68)52(43(27-64)77-45)79-55-51(70)50(69)53(80-57(73)62-41-16-7-5-14-39(41)60)44(78-55)28-76-56(72)61-40-15-6-4-13-38(40)59/h1-22,25-26,37,42-45,47-53,55,64-70H,23-24,27-29H2,(H,61,72)(H,62,73)/t37-,42+,43?,44?,45+,47-,48?,49-,50-,51?,52-,53-,55+/m1/s1. The van der Waals surface area contributed by atoms with Gasteiger partial charge in [0.2, 0.25) is 5.91 Å². The highest BCUT2D eigenvalue weighted by atomic mass is 32.2. The van der Waals surface area contributed by atoms with Crippen LogP contribution in [0, 0.1) is 23.4 Å². The summed E-state index contributed by atoms with van der Waals surface area (Å²) in [5.41, 5.74) is 1.00. The van der Waals surface area contributed by atoms with E-state index in [9.17, 15) is 63.3 Å². The maximum Gasteiger partial charge on any atom is 0.412 e. The first-order valence-electron chi connectivity index (χ1n) is 25.5. The highest BCUT2D eigenvalue weighted by Crippen LogP contribution is 2.49. The predicted molar refractivity (Wildman–Crippen MR) is 281 cm³/mol. The lowest BCUT2D eigenvalue weighted by Crippen LogP contribution is -2.65. The molecule has 9 N–H and O–H groups in total. The van der Waals surface area contributed by atoms with Gasteiger partial charge in [0.05, 0.1) is 46.7 Å². The Labute approximate surface area is 461 Å². The van der Waals surface area contributed by atoms with E-state index < -0.39 is 138 Å². The molecule has 6 aromatic carbocycles. The smallest absolute Gasteiger partial charge is 0.412 e. The Morgan fingerprint density at radius 3 is 1.96 bits per heavy atom. The van der Waals surface area contributed by atoms with Gasteiger partial charge in [0.25, 0.3) is 0 Å². The van der Waals surface area contributed by atoms with Crippen LogP contribution < -0.4 is 15.5 Å². The van der Waals surface area contributed by atoms with Crippen molar-refractivity contribution in [2.75, 3.05) is 34.5 Å². The first-order valence-corrected chi connectivity index (χ1v) is 27.1. The Morgan fingerprint density at radius 2 is 1.31 bits per heavy atom. The topological polar surface area (TPSA) is 300 Å². The lowest BCUT2D eigenvalue weighted by molar-refractivity contribution is -0.340. The number of sulfone groups is 1. The van der Waals surface area contributed by atoms with Gasteiger partial charge in [0.1, 0.15) is 78.6 Å². The molecule has 0 aromatic heterocycles. The predicted octanol–water partition coefficient (Wildman–Crippen LogP) is 5.65. The number of amides is 3. The van der Waals surface area contributed by atoms with E-state index in [1.54, 1.807) is 48.5 Å². The van der Waals surface area contributed by atoms with Crippen LogP contribution in [0.2, 0.25) is 0 Å². The van der Waals surface area contributed by atoms with Crippen molar-refractivity contribution in [1.82, 2.24) is 0 Å². The second-order valence-corrected chi connectivity index (χ2v) is 21.5. The molecule has 0 bridgehead atoms. The van der Waals surface area contributed by atoms with Crippen LogP contribution in [0.15, 0.2) is 150 Å². The van der Waals surface area contributed by atoms with E-state index in [4.69, 9.17) is 23.7 Å². The highest BCUT2D eigenvalue weighted by molar-refractivity contribution is 7.91. The molecule has 3 aliphatic heterocycles. The number of phenols is 1. The van der Waals surface area contributed by atoms with E-state index in [1.165, 1.54) is 89.8 Å². The van der Waals surface area contributed by atoms with Gasteiger partial charge in [-0.1, -0.05) is 78.9 Å². The Balaban J connectivity index is 0.970. The maximum absolute atomic E-state index is 15.2. The molecule has 6 aromatic rings. The molecule has 428 valence electrons. The molecular weight excluding hydrogens is 1090 g/mol. The minimum absolute atomic E-state index is 0.0174. The third kappa shape index (κ3) is 13.0. The van der Waals surface area contributed by atoms with Crippen molar-refractivity contribution in [2.45, 2.75) is 91.1 Å². The van der Waals surface area contributed by atoms with Gasteiger partial charge in [-0.05, 0) is 102 Å². The number of hydrogen-bond acceptors (Lipinski definition) is 17. The quantitative estimate of drug-likeness (QED) is 0.0470. The van der Waals surface area contributed by atoms with Crippen molar-refractivity contribution < 1.29 is 95.4 Å². The number of β-lactam (4-membered cyclic amide) rings is 1. The Bertz CT molecular complexity index is 3310. The average Bonchev–Trinajstić information content (AvgIpc) is 2.68. The largest absolute Gasteiger partial charge is 0.508 e. The van der Waals surface area contributed by atoms with Crippen LogP contribution >= 0.6 is 0 Å². The number of aliphatic hydroxyl groups excluding tert-OH is 6. The molecule has 13 atom stereocenters. The molecule has 3 heterocycles. The number of nitrogens with one attached hydrogen (secondary N) is 2. The Morgan fingerprint density at radius 1 is 0.679 bits per heavy atom. The molecule has 0 saturated carbocycles. The summed E-state index contributed by atoms with van der Waals surface area (Å²) in [6.45, 7) is -1.94. The van der Waals surface area contributed by atoms with Crippen LogP contribution in [-0.4, -0.2) is 142 Å². The number of benzene rings is 6. The summed E-state index contributed by atoms with van der Waals surface area (Å²) < 4.78 is 101. The van der Waals surface area contributed by atoms with Crippen molar-refractivity contribution in [1.29, 1.82) is 0 Å². The minimum atomic E-state index is -4.74. The van der Waals surface area contributed by atoms with Gasteiger partial charge in [0, 0.05) is 5.69 Å². The molecule has 3 saturated heterocycles. The molecule has 9 rings (SSSR count). The zero-order chi connectivity index (χ0) is 57.7. The average molecular weight is 1140 g/mol. The van der Waals surface area contributed by atoms with E-state index in [0.717, 1.165) is 12.1 Å². The van der Waals surface area contributed by atoms with Crippen molar-refractivity contribution in [3.05, 3.63) is 174 Å². The van der Waals surface area contributed by atoms with Crippen LogP contribution in [0.1, 0.15) is 36.1 Å². The summed E-state index contributed by atoms with van der Waals surface area (Å²) in [5.74, 6) is -4.72. The van der Waals surface area contributed by atoms with E-state index in [1.807, 2.05) is 0 Å². The first-order chi connectivity index (χ1) is 38.8. The van der Waals surface area contributed by atoms with Gasteiger partial charge in [-0.25, -0.2) is 31.2 Å². The Hall–Kier alpha value is -7.49. The van der Waals surface area contributed by atoms with Gasteiger partial charge in [-0.15, -0.1) is 0 Å². The minimum Gasteiger partial charge on any atom is -0.508 e. The Kier molecular flexibility index (Phi) is 18.0. The summed E-state index contributed by atoms with van der Waals surface area (Å²) in [6.07, 6.45) is -23.6. The SMILES string of the molecule is O=C(Nc1ccccc1F)OCC1O[C@@H](O[C@@H]2C(CO)O[C@@H](CS(=O)(=O)c3cc(-c4cccc(O)c4)ccc3[C@@H]3[C@@H](CC[C@H](O)c4ccc(F)cc4)C(=O)N3c3ccccc3)C(O)[C@H]2O)C(O)[C@@H](O)[C@@H]1OC(=O)Nc1ccccc1F. The monoisotopic (exact) mass is 1140 g/mol. The number of aliphatic hydroxyl groups is 6. The van der Waals surface area contributed by atoms with Crippen LogP contribution in [0.4, 0.5) is 39.8 Å². The summed E-state index contributed by atoms with van der Waals surface area (Å²) in [6, 6.07) is 33.1. The van der Waals surface area contributed by atoms with Gasteiger partial charge in [-0.3, -0.25) is 15.4 Å².